The van der Waals surface area contributed by atoms with Crippen LogP contribution in [0.5, 0.6) is 11.5 Å². The zero-order valence-corrected chi connectivity index (χ0v) is 14.2. The van der Waals surface area contributed by atoms with Gasteiger partial charge in [0.25, 0.3) is 0 Å². The molecule has 134 valence electrons. The highest BCUT2D eigenvalue weighted by Crippen LogP contribution is 2.25. The van der Waals surface area contributed by atoms with E-state index in [2.05, 4.69) is 23.8 Å². The smallest absolute Gasteiger partial charge is 0.314 e. The lowest BCUT2D eigenvalue weighted by atomic mass is 10.2. The second-order valence-electron chi connectivity index (χ2n) is 5.10. The fourth-order valence-corrected chi connectivity index (χ4v) is 2.05. The van der Waals surface area contributed by atoms with Crippen LogP contribution < -0.4 is 20.1 Å². The van der Waals surface area contributed by atoms with E-state index >= 15 is 0 Å². The van der Waals surface area contributed by atoms with Crippen LogP contribution in [0.2, 0.25) is 0 Å². The summed E-state index contributed by atoms with van der Waals surface area (Å²) in [5.74, 6) is -0.747. The molecule has 2 N–H and O–H groups in total. The molecule has 0 saturated heterocycles. The van der Waals surface area contributed by atoms with Gasteiger partial charge in [-0.25, -0.2) is 0 Å². The number of para-hydroxylation sites is 4. The van der Waals surface area contributed by atoms with E-state index in [1.807, 2.05) is 0 Å². The summed E-state index contributed by atoms with van der Waals surface area (Å²) in [6, 6.07) is 13.7. The quantitative estimate of drug-likeness (QED) is 0.564. The van der Waals surface area contributed by atoms with Gasteiger partial charge in [-0.05, 0) is 24.3 Å². The molecule has 0 bridgehead atoms. The van der Waals surface area contributed by atoms with Gasteiger partial charge in [0.15, 0.2) is 0 Å². The van der Waals surface area contributed by atoms with Crippen LogP contribution in [0.1, 0.15) is 0 Å². The van der Waals surface area contributed by atoms with Gasteiger partial charge in [-0.15, -0.1) is 0 Å². The summed E-state index contributed by atoms with van der Waals surface area (Å²) < 4.78 is 10.9. The van der Waals surface area contributed by atoms with Gasteiger partial charge in [0.05, 0.1) is 11.4 Å². The predicted octanol–water partition coefficient (Wildman–Crippen LogP) is 3.39. The molecule has 0 spiro atoms. The van der Waals surface area contributed by atoms with Crippen molar-refractivity contribution in [3.63, 3.8) is 0 Å². The molecule has 6 heteroatoms. The largest absolute Gasteiger partial charge is 0.487 e. The van der Waals surface area contributed by atoms with Gasteiger partial charge in [0.1, 0.15) is 24.7 Å². The number of amides is 2. The normalized spacial score (nSPS) is 9.69. The van der Waals surface area contributed by atoms with Gasteiger partial charge in [-0.1, -0.05) is 49.6 Å². The highest BCUT2D eigenvalue weighted by Gasteiger charge is 2.17. The van der Waals surface area contributed by atoms with Crippen molar-refractivity contribution in [3.8, 4) is 11.5 Å². The predicted molar refractivity (Wildman–Crippen MR) is 102 cm³/mol. The molecule has 2 aromatic carbocycles. The van der Waals surface area contributed by atoms with Crippen LogP contribution in [0.25, 0.3) is 0 Å². The summed E-state index contributed by atoms with van der Waals surface area (Å²) in [6.07, 6.45) is 3.18. The standard InChI is InChI=1S/C20H20N2O4/c1-3-13-25-17-11-7-5-9-15(17)21-19(23)20(24)22-16-10-6-8-12-18(16)26-14-4-2/h3-12H,1-2,13-14H2,(H,21,23)(H,22,24). The van der Waals surface area contributed by atoms with Gasteiger partial charge >= 0.3 is 11.8 Å². The maximum Gasteiger partial charge on any atom is 0.314 e. The van der Waals surface area contributed by atoms with Crippen molar-refractivity contribution < 1.29 is 19.1 Å². The van der Waals surface area contributed by atoms with Crippen molar-refractivity contribution in [1.82, 2.24) is 0 Å². The molecule has 0 radical (unpaired) electrons. The van der Waals surface area contributed by atoms with E-state index in [0.29, 0.717) is 22.9 Å². The molecule has 0 aliphatic carbocycles. The van der Waals surface area contributed by atoms with Crippen molar-refractivity contribution in [3.05, 3.63) is 73.8 Å². The number of nitrogens with one attached hydrogen (secondary N) is 2. The molecule has 2 rings (SSSR count). The molecular weight excluding hydrogens is 332 g/mol. The topological polar surface area (TPSA) is 76.7 Å². The van der Waals surface area contributed by atoms with E-state index in [1.54, 1.807) is 60.7 Å². The van der Waals surface area contributed by atoms with E-state index in [9.17, 15) is 9.59 Å². The van der Waals surface area contributed by atoms with Crippen LogP contribution in [0.15, 0.2) is 73.8 Å². The zero-order valence-electron chi connectivity index (χ0n) is 14.2. The second kappa shape index (κ2) is 9.68. The van der Waals surface area contributed by atoms with E-state index < -0.39 is 11.8 Å². The highest BCUT2D eigenvalue weighted by atomic mass is 16.5. The molecule has 0 fully saturated rings. The first kappa shape index (κ1) is 18.8. The molecule has 0 aromatic heterocycles. The van der Waals surface area contributed by atoms with Gasteiger partial charge < -0.3 is 20.1 Å². The summed E-state index contributed by atoms with van der Waals surface area (Å²) in [7, 11) is 0. The molecule has 2 aromatic rings. The van der Waals surface area contributed by atoms with Gasteiger partial charge in [0, 0.05) is 0 Å². The Morgan fingerprint density at radius 2 is 1.15 bits per heavy atom. The average Bonchev–Trinajstić information content (AvgIpc) is 2.66. The summed E-state index contributed by atoms with van der Waals surface area (Å²) in [5.41, 5.74) is 0.788. The van der Waals surface area contributed by atoms with E-state index in [1.165, 1.54) is 0 Å². The lowest BCUT2D eigenvalue weighted by Gasteiger charge is -2.13. The van der Waals surface area contributed by atoms with Crippen LogP contribution in [0, 0.1) is 0 Å². The number of anilines is 2. The Hall–Kier alpha value is -3.54. The third-order valence-electron chi connectivity index (χ3n) is 3.19. The Balaban J connectivity index is 2.06. The Morgan fingerprint density at radius 1 is 0.769 bits per heavy atom. The highest BCUT2D eigenvalue weighted by molar-refractivity contribution is 6.43. The molecule has 6 nitrogen and oxygen atoms in total. The zero-order chi connectivity index (χ0) is 18.8. The lowest BCUT2D eigenvalue weighted by molar-refractivity contribution is -0.133. The summed E-state index contributed by atoms with van der Waals surface area (Å²) in [4.78, 5) is 24.4. The summed E-state index contributed by atoms with van der Waals surface area (Å²) >= 11 is 0. The molecule has 0 unspecified atom stereocenters. The maximum absolute atomic E-state index is 12.2. The van der Waals surface area contributed by atoms with Crippen LogP contribution in [-0.2, 0) is 9.59 Å². The van der Waals surface area contributed by atoms with E-state index in [0.717, 1.165) is 0 Å². The van der Waals surface area contributed by atoms with E-state index in [-0.39, 0.29) is 13.2 Å². The minimum Gasteiger partial charge on any atom is -0.487 e. The molecule has 0 heterocycles. The minimum atomic E-state index is -0.821. The SMILES string of the molecule is C=CCOc1ccccc1NC(=O)C(=O)Nc1ccccc1OCC=C. The number of ether oxygens (including phenoxy) is 2. The summed E-state index contributed by atoms with van der Waals surface area (Å²) in [5, 5.41) is 5.07. The molecule has 0 atom stereocenters. The number of carbonyl (C=O) groups is 2. The fourth-order valence-electron chi connectivity index (χ4n) is 2.05. The van der Waals surface area contributed by atoms with Gasteiger partial charge in [-0.2, -0.15) is 0 Å². The molecule has 0 saturated carbocycles. The summed E-state index contributed by atoms with van der Waals surface area (Å²) in [6.45, 7) is 7.72. The first-order valence-electron chi connectivity index (χ1n) is 7.93. The van der Waals surface area contributed by atoms with Crippen LogP contribution >= 0.6 is 0 Å². The number of hydrogen-bond donors (Lipinski definition) is 2. The van der Waals surface area contributed by atoms with E-state index in [4.69, 9.17) is 9.47 Å². The third kappa shape index (κ3) is 5.24. The van der Waals surface area contributed by atoms with Crippen molar-refractivity contribution in [1.29, 1.82) is 0 Å². The molecule has 0 aliphatic heterocycles. The third-order valence-corrected chi connectivity index (χ3v) is 3.19. The Bertz CT molecular complexity index is 734. The van der Waals surface area contributed by atoms with Crippen LogP contribution in [0.4, 0.5) is 11.4 Å². The fraction of sp³-hybridized carbons (Fsp3) is 0.100. The van der Waals surface area contributed by atoms with Gasteiger partial charge in [0.2, 0.25) is 0 Å². The number of benzene rings is 2. The Kier molecular flexibility index (Phi) is 7.00. The minimum absolute atomic E-state index is 0.285. The van der Waals surface area contributed by atoms with Crippen LogP contribution in [-0.4, -0.2) is 25.0 Å². The molecule has 0 aliphatic rings. The number of hydrogen-bond acceptors (Lipinski definition) is 4. The monoisotopic (exact) mass is 352 g/mol. The second-order valence-corrected chi connectivity index (χ2v) is 5.10. The number of rotatable bonds is 8. The van der Waals surface area contributed by atoms with Crippen molar-refractivity contribution >= 4 is 23.2 Å². The molecule has 26 heavy (non-hydrogen) atoms. The molecule has 2 amide bonds. The average molecular weight is 352 g/mol. The van der Waals surface area contributed by atoms with Crippen LogP contribution in [0.3, 0.4) is 0 Å². The lowest BCUT2D eigenvalue weighted by Crippen LogP contribution is -2.29. The molecular formula is C20H20N2O4. The Labute approximate surface area is 152 Å². The first-order chi connectivity index (χ1) is 12.7. The van der Waals surface area contributed by atoms with Crippen molar-refractivity contribution in [2.45, 2.75) is 0 Å². The number of carbonyl (C=O) groups excluding carboxylic acids is 2. The van der Waals surface area contributed by atoms with Crippen molar-refractivity contribution in [2.24, 2.45) is 0 Å². The van der Waals surface area contributed by atoms with Gasteiger partial charge in [-0.3, -0.25) is 9.59 Å². The van der Waals surface area contributed by atoms with Crippen molar-refractivity contribution in [2.75, 3.05) is 23.8 Å². The Morgan fingerprint density at radius 3 is 1.54 bits per heavy atom. The first-order valence-corrected chi connectivity index (χ1v) is 7.93. The maximum atomic E-state index is 12.2.